The van der Waals surface area contributed by atoms with Crippen molar-refractivity contribution in [1.29, 1.82) is 0 Å². The standard InChI is InChI=1S/C17H22N4O2/c1-3-4-11-18-16-10-9-14(20-21-16)17(22)19-12-13-7-5-6-8-15(13)23-2/h5-10H,3-4,11-12H2,1-2H3,(H,18,21)(H,19,22). The Balaban J connectivity index is 1.90. The first-order valence-electron chi connectivity index (χ1n) is 7.72. The number of amides is 1. The monoisotopic (exact) mass is 314 g/mol. The Kier molecular flexibility index (Phi) is 6.35. The van der Waals surface area contributed by atoms with E-state index in [2.05, 4.69) is 27.8 Å². The van der Waals surface area contributed by atoms with Gasteiger partial charge in [0.15, 0.2) is 5.69 Å². The normalized spacial score (nSPS) is 10.2. The van der Waals surface area contributed by atoms with E-state index in [0.29, 0.717) is 18.1 Å². The Bertz CT molecular complexity index is 629. The van der Waals surface area contributed by atoms with Crippen LogP contribution in [0.25, 0.3) is 0 Å². The molecule has 1 amide bonds. The van der Waals surface area contributed by atoms with Crippen LogP contribution < -0.4 is 15.4 Å². The minimum atomic E-state index is -0.261. The quantitative estimate of drug-likeness (QED) is 0.733. The lowest BCUT2D eigenvalue weighted by atomic mass is 10.2. The van der Waals surface area contributed by atoms with Crippen LogP contribution in [-0.2, 0) is 6.54 Å². The number of aromatic nitrogens is 2. The van der Waals surface area contributed by atoms with Crippen LogP contribution in [0.4, 0.5) is 5.82 Å². The number of unbranched alkanes of at least 4 members (excludes halogenated alkanes) is 1. The average Bonchev–Trinajstić information content (AvgIpc) is 2.60. The fraction of sp³-hybridized carbons (Fsp3) is 0.353. The number of methoxy groups -OCH3 is 1. The molecular weight excluding hydrogens is 292 g/mol. The smallest absolute Gasteiger partial charge is 0.272 e. The van der Waals surface area contributed by atoms with E-state index in [9.17, 15) is 4.79 Å². The molecule has 0 unspecified atom stereocenters. The van der Waals surface area contributed by atoms with Crippen molar-refractivity contribution in [3.05, 3.63) is 47.7 Å². The van der Waals surface area contributed by atoms with Gasteiger partial charge < -0.3 is 15.4 Å². The van der Waals surface area contributed by atoms with Gasteiger partial charge in [-0.3, -0.25) is 4.79 Å². The molecule has 6 heteroatoms. The highest BCUT2D eigenvalue weighted by Crippen LogP contribution is 2.16. The van der Waals surface area contributed by atoms with E-state index in [-0.39, 0.29) is 5.91 Å². The lowest BCUT2D eigenvalue weighted by molar-refractivity contribution is 0.0944. The van der Waals surface area contributed by atoms with Gasteiger partial charge in [0.25, 0.3) is 5.91 Å². The summed E-state index contributed by atoms with van der Waals surface area (Å²) >= 11 is 0. The molecule has 0 spiro atoms. The molecule has 0 atom stereocenters. The average molecular weight is 314 g/mol. The molecular formula is C17H22N4O2. The van der Waals surface area contributed by atoms with Crippen molar-refractivity contribution in [3.8, 4) is 5.75 Å². The van der Waals surface area contributed by atoms with Crippen LogP contribution in [0.3, 0.4) is 0 Å². The number of para-hydroxylation sites is 1. The molecule has 2 aromatic rings. The zero-order chi connectivity index (χ0) is 16.5. The highest BCUT2D eigenvalue weighted by Gasteiger charge is 2.09. The predicted molar refractivity (Wildman–Crippen MR) is 89.6 cm³/mol. The minimum absolute atomic E-state index is 0.261. The van der Waals surface area contributed by atoms with Crippen LogP contribution in [-0.4, -0.2) is 29.8 Å². The van der Waals surface area contributed by atoms with Gasteiger partial charge in [-0.05, 0) is 24.6 Å². The number of nitrogens with one attached hydrogen (secondary N) is 2. The molecule has 0 bridgehead atoms. The zero-order valence-electron chi connectivity index (χ0n) is 13.5. The molecule has 122 valence electrons. The fourth-order valence-corrected chi connectivity index (χ4v) is 2.06. The maximum atomic E-state index is 12.1. The Hall–Kier alpha value is -2.63. The van der Waals surface area contributed by atoms with E-state index in [1.165, 1.54) is 0 Å². The number of nitrogens with zero attached hydrogens (tertiary/aromatic N) is 2. The first-order chi connectivity index (χ1) is 11.2. The van der Waals surface area contributed by atoms with Gasteiger partial charge in [0.05, 0.1) is 7.11 Å². The van der Waals surface area contributed by atoms with Crippen molar-refractivity contribution >= 4 is 11.7 Å². The van der Waals surface area contributed by atoms with Gasteiger partial charge in [-0.1, -0.05) is 31.5 Å². The van der Waals surface area contributed by atoms with Crippen LogP contribution in [0.1, 0.15) is 35.8 Å². The van der Waals surface area contributed by atoms with Gasteiger partial charge in [-0.15, -0.1) is 10.2 Å². The topological polar surface area (TPSA) is 76.1 Å². The van der Waals surface area contributed by atoms with E-state index in [4.69, 9.17) is 4.74 Å². The molecule has 2 rings (SSSR count). The molecule has 23 heavy (non-hydrogen) atoms. The first-order valence-corrected chi connectivity index (χ1v) is 7.72. The lowest BCUT2D eigenvalue weighted by Gasteiger charge is -2.09. The molecule has 0 aliphatic rings. The van der Waals surface area contributed by atoms with Gasteiger partial charge in [-0.25, -0.2) is 0 Å². The molecule has 0 saturated heterocycles. The van der Waals surface area contributed by atoms with Crippen LogP contribution in [0.5, 0.6) is 5.75 Å². The third-order valence-corrected chi connectivity index (χ3v) is 3.37. The SMILES string of the molecule is CCCCNc1ccc(C(=O)NCc2ccccc2OC)nn1. The summed E-state index contributed by atoms with van der Waals surface area (Å²) in [6.07, 6.45) is 2.19. The molecule has 1 aromatic heterocycles. The van der Waals surface area contributed by atoms with Crippen molar-refractivity contribution in [1.82, 2.24) is 15.5 Å². The second-order valence-corrected chi connectivity index (χ2v) is 5.08. The molecule has 6 nitrogen and oxygen atoms in total. The Morgan fingerprint density at radius 2 is 2.00 bits per heavy atom. The van der Waals surface area contributed by atoms with E-state index in [1.54, 1.807) is 19.2 Å². The molecule has 1 heterocycles. The molecule has 0 fully saturated rings. The van der Waals surface area contributed by atoms with Gasteiger partial charge in [0.1, 0.15) is 11.6 Å². The maximum Gasteiger partial charge on any atom is 0.272 e. The van der Waals surface area contributed by atoms with Crippen LogP contribution in [0.15, 0.2) is 36.4 Å². The van der Waals surface area contributed by atoms with Crippen molar-refractivity contribution in [2.45, 2.75) is 26.3 Å². The third-order valence-electron chi connectivity index (χ3n) is 3.37. The minimum Gasteiger partial charge on any atom is -0.496 e. The first kappa shape index (κ1) is 16.7. The third kappa shape index (κ3) is 4.95. The summed E-state index contributed by atoms with van der Waals surface area (Å²) < 4.78 is 5.26. The van der Waals surface area contributed by atoms with Gasteiger partial charge >= 0.3 is 0 Å². The summed E-state index contributed by atoms with van der Waals surface area (Å²) in [5.41, 5.74) is 1.20. The summed E-state index contributed by atoms with van der Waals surface area (Å²) in [6.45, 7) is 3.36. The summed E-state index contributed by atoms with van der Waals surface area (Å²) in [6, 6.07) is 11.0. The summed E-state index contributed by atoms with van der Waals surface area (Å²) in [4.78, 5) is 12.1. The van der Waals surface area contributed by atoms with Crippen LogP contribution >= 0.6 is 0 Å². The van der Waals surface area contributed by atoms with E-state index in [0.717, 1.165) is 30.7 Å². The van der Waals surface area contributed by atoms with E-state index < -0.39 is 0 Å². The number of carbonyl (C=O) groups excluding carboxylic acids is 1. The Morgan fingerprint density at radius 3 is 2.70 bits per heavy atom. The maximum absolute atomic E-state index is 12.1. The van der Waals surface area contributed by atoms with Crippen molar-refractivity contribution in [3.63, 3.8) is 0 Å². The number of anilines is 1. The van der Waals surface area contributed by atoms with Crippen LogP contribution in [0.2, 0.25) is 0 Å². The number of carbonyl (C=O) groups is 1. The zero-order valence-corrected chi connectivity index (χ0v) is 13.5. The van der Waals surface area contributed by atoms with Crippen molar-refractivity contribution in [2.24, 2.45) is 0 Å². The number of hydrogen-bond donors (Lipinski definition) is 2. The summed E-state index contributed by atoms with van der Waals surface area (Å²) in [7, 11) is 1.61. The molecule has 2 N–H and O–H groups in total. The fourth-order valence-electron chi connectivity index (χ4n) is 2.06. The number of benzene rings is 1. The van der Waals surface area contributed by atoms with Gasteiger partial charge in [0, 0.05) is 18.7 Å². The van der Waals surface area contributed by atoms with Gasteiger partial charge in [-0.2, -0.15) is 0 Å². The van der Waals surface area contributed by atoms with Crippen molar-refractivity contribution < 1.29 is 9.53 Å². The van der Waals surface area contributed by atoms with Gasteiger partial charge in [0.2, 0.25) is 0 Å². The number of ether oxygens (including phenoxy) is 1. The van der Waals surface area contributed by atoms with Crippen LogP contribution in [0, 0.1) is 0 Å². The van der Waals surface area contributed by atoms with E-state index >= 15 is 0 Å². The highest BCUT2D eigenvalue weighted by molar-refractivity contribution is 5.92. The Morgan fingerprint density at radius 1 is 1.17 bits per heavy atom. The largest absolute Gasteiger partial charge is 0.496 e. The van der Waals surface area contributed by atoms with E-state index in [1.807, 2.05) is 24.3 Å². The number of hydrogen-bond acceptors (Lipinski definition) is 5. The molecule has 0 aliphatic heterocycles. The Labute approximate surface area is 136 Å². The van der Waals surface area contributed by atoms with Crippen molar-refractivity contribution in [2.75, 3.05) is 19.0 Å². The molecule has 0 radical (unpaired) electrons. The second-order valence-electron chi connectivity index (χ2n) is 5.08. The predicted octanol–water partition coefficient (Wildman–Crippen LogP) is 2.63. The number of rotatable bonds is 8. The lowest BCUT2D eigenvalue weighted by Crippen LogP contribution is -2.24. The summed E-state index contributed by atoms with van der Waals surface area (Å²) in [5, 5.41) is 14.0. The summed E-state index contributed by atoms with van der Waals surface area (Å²) in [5.74, 6) is 1.16. The highest BCUT2D eigenvalue weighted by atomic mass is 16.5. The molecule has 0 saturated carbocycles. The second kappa shape index (κ2) is 8.73. The molecule has 0 aliphatic carbocycles. The molecule has 1 aromatic carbocycles.